The number of para-hydroxylation sites is 1. The Kier molecular flexibility index (Phi) is 5.53. The molecule has 29 heavy (non-hydrogen) atoms. The molecule has 3 aromatic carbocycles. The number of halogens is 1. The number of esters is 1. The molecule has 1 N–H and O–H groups in total. The number of ether oxygens (including phenoxy) is 1. The monoisotopic (exact) mass is 498 g/mol. The molecule has 5 nitrogen and oxygen atoms in total. The molecule has 0 bridgehead atoms. The maximum Gasteiger partial charge on any atom is 0.338 e. The number of nitrogens with one attached hydrogen (secondary N) is 1. The second-order valence-electron chi connectivity index (χ2n) is 6.63. The number of nitrogens with zero attached hydrogens (tertiary/aromatic N) is 1. The molecular weight excluding hydrogens is 479 g/mol. The van der Waals surface area contributed by atoms with E-state index in [4.69, 9.17) is 4.74 Å². The minimum Gasteiger partial charge on any atom is -0.452 e. The highest BCUT2D eigenvalue weighted by Crippen LogP contribution is 2.30. The van der Waals surface area contributed by atoms with Gasteiger partial charge in [-0.05, 0) is 72.0 Å². The first-order valence-electron chi connectivity index (χ1n) is 9.30. The van der Waals surface area contributed by atoms with Crippen LogP contribution in [0, 0.1) is 3.57 Å². The molecule has 0 spiro atoms. The number of carbonyl (C=O) groups excluding carboxylic acids is 2. The lowest BCUT2D eigenvalue weighted by atomic mass is 10.1. The zero-order valence-corrected chi connectivity index (χ0v) is 18.0. The Labute approximate surface area is 181 Å². The molecule has 4 rings (SSSR count). The third-order valence-corrected chi connectivity index (χ3v) is 5.44. The fraction of sp³-hybridized carbons (Fsp3) is 0.130. The third kappa shape index (κ3) is 3.98. The third-order valence-electron chi connectivity index (χ3n) is 4.77. The average molecular weight is 498 g/mol. The number of benzene rings is 3. The molecule has 0 aliphatic heterocycles. The summed E-state index contributed by atoms with van der Waals surface area (Å²) in [7, 11) is 0. The van der Waals surface area contributed by atoms with Crippen LogP contribution in [0.4, 0.5) is 5.69 Å². The van der Waals surface area contributed by atoms with Gasteiger partial charge in [-0.15, -0.1) is 0 Å². The van der Waals surface area contributed by atoms with Crippen molar-refractivity contribution in [2.75, 3.05) is 11.9 Å². The van der Waals surface area contributed by atoms with Crippen molar-refractivity contribution in [3.8, 4) is 0 Å². The van der Waals surface area contributed by atoms with Gasteiger partial charge in [0.2, 0.25) is 0 Å². The van der Waals surface area contributed by atoms with Crippen molar-refractivity contribution in [3.63, 3.8) is 0 Å². The maximum absolute atomic E-state index is 12.3. The summed E-state index contributed by atoms with van der Waals surface area (Å²) in [6.45, 7) is 2.65. The SMILES string of the molecule is CCn1c2ccccc2c2cc(NC(=O)COC(=O)c3cccc(I)c3)ccc21. The molecule has 4 aromatic rings. The molecule has 0 saturated heterocycles. The van der Waals surface area contributed by atoms with E-state index in [0.717, 1.165) is 26.4 Å². The smallest absolute Gasteiger partial charge is 0.338 e. The predicted octanol–water partition coefficient (Wildman–Crippen LogP) is 5.21. The van der Waals surface area contributed by atoms with E-state index < -0.39 is 5.97 Å². The van der Waals surface area contributed by atoms with E-state index in [9.17, 15) is 9.59 Å². The maximum atomic E-state index is 12.3. The number of aromatic nitrogens is 1. The van der Waals surface area contributed by atoms with E-state index in [2.05, 4.69) is 51.5 Å². The van der Waals surface area contributed by atoms with Crippen molar-refractivity contribution < 1.29 is 14.3 Å². The Hall–Kier alpha value is -2.87. The second kappa shape index (κ2) is 8.24. The molecule has 1 aromatic heterocycles. The van der Waals surface area contributed by atoms with Crippen LogP contribution in [0.3, 0.4) is 0 Å². The lowest BCUT2D eigenvalue weighted by molar-refractivity contribution is -0.119. The molecule has 0 saturated carbocycles. The fourth-order valence-corrected chi connectivity index (χ4v) is 4.04. The minimum atomic E-state index is -0.514. The average Bonchev–Trinajstić information content (AvgIpc) is 3.05. The summed E-state index contributed by atoms with van der Waals surface area (Å²) in [5.41, 5.74) is 3.39. The molecule has 6 heteroatoms. The highest BCUT2D eigenvalue weighted by Gasteiger charge is 2.13. The van der Waals surface area contributed by atoms with E-state index >= 15 is 0 Å². The van der Waals surface area contributed by atoms with Crippen LogP contribution in [0.15, 0.2) is 66.7 Å². The van der Waals surface area contributed by atoms with Crippen LogP contribution in [-0.4, -0.2) is 23.1 Å². The summed E-state index contributed by atoms with van der Waals surface area (Å²) in [5.74, 6) is -0.886. The van der Waals surface area contributed by atoms with Crippen LogP contribution in [0.5, 0.6) is 0 Å². The van der Waals surface area contributed by atoms with Crippen LogP contribution in [-0.2, 0) is 16.1 Å². The molecule has 0 radical (unpaired) electrons. The molecular formula is C23H19IN2O3. The summed E-state index contributed by atoms with van der Waals surface area (Å²) in [5, 5.41) is 5.04. The van der Waals surface area contributed by atoms with E-state index in [1.165, 1.54) is 5.52 Å². The van der Waals surface area contributed by atoms with Gasteiger partial charge in [0.15, 0.2) is 6.61 Å². The molecule has 0 fully saturated rings. The Balaban J connectivity index is 1.50. The summed E-state index contributed by atoms with van der Waals surface area (Å²) < 4.78 is 8.32. The molecule has 0 unspecified atom stereocenters. The largest absolute Gasteiger partial charge is 0.452 e. The molecule has 0 atom stereocenters. The number of rotatable bonds is 5. The Morgan fingerprint density at radius 1 is 0.966 bits per heavy atom. The van der Waals surface area contributed by atoms with Crippen LogP contribution in [0.1, 0.15) is 17.3 Å². The number of hydrogen-bond donors (Lipinski definition) is 1. The van der Waals surface area contributed by atoms with Gasteiger partial charge < -0.3 is 14.6 Å². The van der Waals surface area contributed by atoms with Crippen molar-refractivity contribution >= 4 is 62.0 Å². The van der Waals surface area contributed by atoms with Crippen molar-refractivity contribution in [1.82, 2.24) is 4.57 Å². The highest BCUT2D eigenvalue weighted by molar-refractivity contribution is 14.1. The Morgan fingerprint density at radius 3 is 2.55 bits per heavy atom. The molecule has 146 valence electrons. The zero-order valence-electron chi connectivity index (χ0n) is 15.8. The van der Waals surface area contributed by atoms with Crippen LogP contribution < -0.4 is 5.32 Å². The lowest BCUT2D eigenvalue weighted by Crippen LogP contribution is -2.20. The number of fused-ring (bicyclic) bond motifs is 3. The minimum absolute atomic E-state index is 0.334. The molecule has 0 aliphatic rings. The topological polar surface area (TPSA) is 60.3 Å². The molecule has 1 heterocycles. The molecule has 1 amide bonds. The van der Waals surface area contributed by atoms with Crippen molar-refractivity contribution in [1.29, 1.82) is 0 Å². The summed E-state index contributed by atoms with van der Waals surface area (Å²) in [6, 6.07) is 21.1. The Bertz CT molecular complexity index is 1230. The standard InChI is InChI=1S/C23H19IN2O3/c1-2-26-20-9-4-3-8-18(20)19-13-17(10-11-21(19)26)25-22(27)14-29-23(28)15-6-5-7-16(24)12-15/h3-13H,2,14H2,1H3,(H,25,27). The first kappa shape index (κ1) is 19.4. The second-order valence-corrected chi connectivity index (χ2v) is 7.87. The van der Waals surface area contributed by atoms with E-state index in [-0.39, 0.29) is 12.5 Å². The normalized spacial score (nSPS) is 11.0. The Morgan fingerprint density at radius 2 is 1.76 bits per heavy atom. The van der Waals surface area contributed by atoms with Gasteiger partial charge in [-0.1, -0.05) is 24.3 Å². The van der Waals surface area contributed by atoms with Gasteiger partial charge in [0.05, 0.1) is 5.56 Å². The fourth-order valence-electron chi connectivity index (χ4n) is 3.50. The number of hydrogen-bond acceptors (Lipinski definition) is 3. The molecule has 0 aliphatic carbocycles. The van der Waals surface area contributed by atoms with Gasteiger partial charge in [-0.2, -0.15) is 0 Å². The quantitative estimate of drug-likeness (QED) is 0.304. The summed E-state index contributed by atoms with van der Waals surface area (Å²) in [6.07, 6.45) is 0. The number of amides is 1. The first-order chi connectivity index (χ1) is 14.1. The van der Waals surface area contributed by atoms with Gasteiger partial charge in [-0.3, -0.25) is 4.79 Å². The number of carbonyl (C=O) groups is 2. The zero-order chi connectivity index (χ0) is 20.4. The van der Waals surface area contributed by atoms with E-state index in [0.29, 0.717) is 11.3 Å². The van der Waals surface area contributed by atoms with Crippen LogP contribution in [0.25, 0.3) is 21.8 Å². The van der Waals surface area contributed by atoms with Crippen molar-refractivity contribution in [3.05, 3.63) is 75.9 Å². The van der Waals surface area contributed by atoms with Gasteiger partial charge in [-0.25, -0.2) is 4.79 Å². The van der Waals surface area contributed by atoms with Crippen LogP contribution >= 0.6 is 22.6 Å². The lowest BCUT2D eigenvalue weighted by Gasteiger charge is -2.08. The van der Waals surface area contributed by atoms with Crippen molar-refractivity contribution in [2.24, 2.45) is 0 Å². The number of anilines is 1. The predicted molar refractivity (Wildman–Crippen MR) is 123 cm³/mol. The van der Waals surface area contributed by atoms with Gasteiger partial charge in [0.1, 0.15) is 0 Å². The van der Waals surface area contributed by atoms with Gasteiger partial charge in [0, 0.05) is 37.6 Å². The summed E-state index contributed by atoms with van der Waals surface area (Å²) >= 11 is 2.12. The summed E-state index contributed by atoms with van der Waals surface area (Å²) in [4.78, 5) is 24.4. The van der Waals surface area contributed by atoms with Gasteiger partial charge >= 0.3 is 5.97 Å². The van der Waals surface area contributed by atoms with E-state index in [1.807, 2.05) is 36.4 Å². The van der Waals surface area contributed by atoms with Crippen LogP contribution in [0.2, 0.25) is 0 Å². The van der Waals surface area contributed by atoms with E-state index in [1.54, 1.807) is 18.2 Å². The first-order valence-corrected chi connectivity index (χ1v) is 10.4. The highest BCUT2D eigenvalue weighted by atomic mass is 127. The van der Waals surface area contributed by atoms with Crippen molar-refractivity contribution in [2.45, 2.75) is 13.5 Å². The number of aryl methyl sites for hydroxylation is 1. The van der Waals surface area contributed by atoms with Gasteiger partial charge in [0.25, 0.3) is 5.91 Å².